The fourth-order valence-electron chi connectivity index (χ4n) is 2.88. The second kappa shape index (κ2) is 8.62. The molecule has 1 saturated heterocycles. The normalized spacial score (nSPS) is 15.2. The molecule has 24 heavy (non-hydrogen) atoms. The smallest absolute Gasteiger partial charge is 0.193 e. The van der Waals surface area contributed by atoms with Crippen LogP contribution in [-0.4, -0.2) is 45.2 Å². The van der Waals surface area contributed by atoms with Crippen molar-refractivity contribution < 1.29 is 19.2 Å². The summed E-state index contributed by atoms with van der Waals surface area (Å²) in [5.74, 6) is 0.856. The van der Waals surface area contributed by atoms with E-state index in [4.69, 9.17) is 9.47 Å². The van der Waals surface area contributed by atoms with Gasteiger partial charge >= 0.3 is 0 Å². The van der Waals surface area contributed by atoms with E-state index in [1.165, 1.54) is 0 Å². The fourth-order valence-corrected chi connectivity index (χ4v) is 2.88. The van der Waals surface area contributed by atoms with Gasteiger partial charge in [-0.05, 0) is 24.3 Å². The van der Waals surface area contributed by atoms with Gasteiger partial charge in [-0.15, -0.1) is 0 Å². The van der Waals surface area contributed by atoms with Crippen LogP contribution in [0.3, 0.4) is 0 Å². The summed E-state index contributed by atoms with van der Waals surface area (Å²) >= 11 is 0. The molecule has 2 aromatic rings. The van der Waals surface area contributed by atoms with Crippen molar-refractivity contribution in [2.75, 3.05) is 39.5 Å². The number of carbonyl (C=O) groups excluding carboxylic acids is 1. The maximum atomic E-state index is 12.3. The fraction of sp³-hybridized carbons (Fsp3) is 0.350. The molecule has 2 aromatic carbocycles. The largest absolute Gasteiger partial charge is 0.493 e. The van der Waals surface area contributed by atoms with Gasteiger partial charge in [0.25, 0.3) is 0 Å². The van der Waals surface area contributed by atoms with Crippen molar-refractivity contribution >= 4 is 5.78 Å². The molecule has 3 rings (SSSR count). The summed E-state index contributed by atoms with van der Waals surface area (Å²) < 4.78 is 11.1. The number of quaternary nitrogens is 1. The first-order chi connectivity index (χ1) is 11.8. The van der Waals surface area contributed by atoms with Crippen molar-refractivity contribution in [2.24, 2.45) is 0 Å². The first kappa shape index (κ1) is 16.7. The van der Waals surface area contributed by atoms with Gasteiger partial charge in [0.1, 0.15) is 18.8 Å². The summed E-state index contributed by atoms with van der Waals surface area (Å²) in [4.78, 5) is 13.9. The highest BCUT2D eigenvalue weighted by Gasteiger charge is 2.13. The molecular formula is C20H24NO3+. The number of ketones is 1. The van der Waals surface area contributed by atoms with E-state index < -0.39 is 0 Å². The molecule has 0 spiro atoms. The zero-order valence-corrected chi connectivity index (χ0v) is 13.9. The number of ether oxygens (including phenoxy) is 2. The summed E-state index contributed by atoms with van der Waals surface area (Å²) in [7, 11) is 0. The molecule has 1 N–H and O–H groups in total. The van der Waals surface area contributed by atoms with Gasteiger partial charge in [0.15, 0.2) is 5.78 Å². The Morgan fingerprint density at radius 2 is 1.62 bits per heavy atom. The minimum atomic E-state index is 0.0399. The number of hydrogen-bond donors (Lipinski definition) is 1. The second-order valence-electron chi connectivity index (χ2n) is 6.03. The van der Waals surface area contributed by atoms with Gasteiger partial charge in [-0.25, -0.2) is 0 Å². The lowest BCUT2D eigenvalue weighted by Gasteiger charge is -2.23. The second-order valence-corrected chi connectivity index (χ2v) is 6.03. The third kappa shape index (κ3) is 4.66. The van der Waals surface area contributed by atoms with Crippen molar-refractivity contribution in [3.63, 3.8) is 0 Å². The third-order valence-corrected chi connectivity index (χ3v) is 4.30. The average Bonchev–Trinajstić information content (AvgIpc) is 2.67. The Bertz CT molecular complexity index is 634. The van der Waals surface area contributed by atoms with E-state index >= 15 is 0 Å². The van der Waals surface area contributed by atoms with Crippen LogP contribution < -0.4 is 9.64 Å². The lowest BCUT2D eigenvalue weighted by atomic mass is 10.0. The molecule has 0 amide bonds. The minimum Gasteiger partial charge on any atom is -0.493 e. The average molecular weight is 326 g/mol. The van der Waals surface area contributed by atoms with Crippen molar-refractivity contribution in [3.05, 3.63) is 65.7 Å². The molecular weight excluding hydrogens is 302 g/mol. The van der Waals surface area contributed by atoms with Gasteiger partial charge in [-0.1, -0.05) is 30.3 Å². The van der Waals surface area contributed by atoms with Crippen LogP contribution in [0.15, 0.2) is 54.6 Å². The molecule has 126 valence electrons. The summed E-state index contributed by atoms with van der Waals surface area (Å²) in [5, 5.41) is 0. The highest BCUT2D eigenvalue weighted by Crippen LogP contribution is 2.15. The van der Waals surface area contributed by atoms with E-state index in [1.807, 2.05) is 54.6 Å². The molecule has 0 saturated carbocycles. The maximum Gasteiger partial charge on any atom is 0.193 e. The van der Waals surface area contributed by atoms with Gasteiger partial charge in [0, 0.05) is 17.5 Å². The maximum absolute atomic E-state index is 12.3. The van der Waals surface area contributed by atoms with E-state index in [9.17, 15) is 4.79 Å². The Hall–Kier alpha value is -2.17. The van der Waals surface area contributed by atoms with Gasteiger partial charge < -0.3 is 14.4 Å². The molecule has 0 atom stereocenters. The zero-order chi connectivity index (χ0) is 16.6. The van der Waals surface area contributed by atoms with Gasteiger partial charge in [-0.2, -0.15) is 0 Å². The van der Waals surface area contributed by atoms with Crippen LogP contribution in [-0.2, 0) is 4.74 Å². The van der Waals surface area contributed by atoms with Gasteiger partial charge in [0.05, 0.1) is 26.4 Å². The van der Waals surface area contributed by atoms with Crippen LogP contribution >= 0.6 is 0 Å². The first-order valence-electron chi connectivity index (χ1n) is 8.57. The van der Waals surface area contributed by atoms with Gasteiger partial charge in [0.2, 0.25) is 0 Å². The lowest BCUT2D eigenvalue weighted by molar-refractivity contribution is -0.908. The molecule has 0 aromatic heterocycles. The van der Waals surface area contributed by atoms with Crippen molar-refractivity contribution in [1.82, 2.24) is 0 Å². The molecule has 4 nitrogen and oxygen atoms in total. The third-order valence-electron chi connectivity index (χ3n) is 4.30. The standard InChI is InChI=1S/C20H23NO3/c22-20(17-5-2-1-3-6-17)18-7-9-19(10-8-18)24-14-4-11-21-12-15-23-16-13-21/h1-3,5-10H,4,11-16H2/p+1. The first-order valence-corrected chi connectivity index (χ1v) is 8.57. The number of rotatable bonds is 7. The lowest BCUT2D eigenvalue weighted by Crippen LogP contribution is -3.14. The zero-order valence-electron chi connectivity index (χ0n) is 13.9. The Morgan fingerprint density at radius 1 is 0.958 bits per heavy atom. The van der Waals surface area contributed by atoms with E-state index in [1.54, 1.807) is 4.90 Å². The molecule has 1 aliphatic rings. The number of benzene rings is 2. The molecule has 1 aliphatic heterocycles. The van der Waals surface area contributed by atoms with E-state index in [0.29, 0.717) is 17.7 Å². The summed E-state index contributed by atoms with van der Waals surface area (Å²) in [6.45, 7) is 5.75. The van der Waals surface area contributed by atoms with Crippen LogP contribution in [0, 0.1) is 0 Å². The molecule has 1 heterocycles. The highest BCUT2D eigenvalue weighted by atomic mass is 16.5. The molecule has 1 fully saturated rings. The van der Waals surface area contributed by atoms with Crippen LogP contribution in [0.1, 0.15) is 22.3 Å². The SMILES string of the molecule is O=C(c1ccccc1)c1ccc(OCCC[NH+]2CCOCC2)cc1. The van der Waals surface area contributed by atoms with Crippen LogP contribution in [0.2, 0.25) is 0 Å². The molecule has 0 aliphatic carbocycles. The Morgan fingerprint density at radius 3 is 2.33 bits per heavy atom. The molecule has 0 bridgehead atoms. The molecule has 4 heteroatoms. The van der Waals surface area contributed by atoms with E-state index in [-0.39, 0.29) is 5.78 Å². The quantitative estimate of drug-likeness (QED) is 0.621. The van der Waals surface area contributed by atoms with Gasteiger partial charge in [-0.3, -0.25) is 4.79 Å². The summed E-state index contributed by atoms with van der Waals surface area (Å²) in [6, 6.07) is 16.7. The Balaban J connectivity index is 1.45. The summed E-state index contributed by atoms with van der Waals surface area (Å²) in [6.07, 6.45) is 1.03. The van der Waals surface area contributed by atoms with Crippen molar-refractivity contribution in [3.8, 4) is 5.75 Å². The van der Waals surface area contributed by atoms with Crippen LogP contribution in [0.25, 0.3) is 0 Å². The van der Waals surface area contributed by atoms with Crippen molar-refractivity contribution in [1.29, 1.82) is 0 Å². The van der Waals surface area contributed by atoms with Crippen LogP contribution in [0.4, 0.5) is 0 Å². The number of carbonyl (C=O) groups is 1. The topological polar surface area (TPSA) is 40.0 Å². The predicted octanol–water partition coefficient (Wildman–Crippen LogP) is 1.60. The highest BCUT2D eigenvalue weighted by molar-refractivity contribution is 6.08. The molecule has 0 radical (unpaired) electrons. The van der Waals surface area contributed by atoms with Crippen LogP contribution in [0.5, 0.6) is 5.75 Å². The number of hydrogen-bond acceptors (Lipinski definition) is 3. The Labute approximate surface area is 143 Å². The van der Waals surface area contributed by atoms with E-state index in [2.05, 4.69) is 0 Å². The number of morpholine rings is 1. The monoisotopic (exact) mass is 326 g/mol. The minimum absolute atomic E-state index is 0.0399. The van der Waals surface area contributed by atoms with E-state index in [0.717, 1.165) is 45.0 Å². The molecule has 0 unspecified atom stereocenters. The number of nitrogens with one attached hydrogen (secondary N) is 1. The Kier molecular flexibility index (Phi) is 5.99. The predicted molar refractivity (Wildman–Crippen MR) is 92.8 cm³/mol. The summed E-state index contributed by atoms with van der Waals surface area (Å²) in [5.41, 5.74) is 1.39. The van der Waals surface area contributed by atoms with Crippen molar-refractivity contribution in [2.45, 2.75) is 6.42 Å².